The molecule has 1 fully saturated rings. The largest absolute Gasteiger partial charge is 0.458 e. The van der Waals surface area contributed by atoms with E-state index < -0.39 is 70.5 Å². The average molecular weight is 796 g/mol. The number of nitrogens with one attached hydrogen (secondary N) is 1. The molecule has 1 unspecified atom stereocenters. The number of nitrogens with zero attached hydrogens (tertiary/aromatic N) is 5. The van der Waals surface area contributed by atoms with Crippen molar-refractivity contribution in [2.24, 2.45) is 0 Å². The Balaban J connectivity index is 2.08. The van der Waals surface area contributed by atoms with Crippen LogP contribution in [-0.2, 0) is 27.9 Å². The second kappa shape index (κ2) is 19.5. The van der Waals surface area contributed by atoms with Crippen LogP contribution >= 0.6 is 0 Å². The number of aliphatic hydroxyl groups excluding tert-OH is 1. The number of aliphatic hydroxyl groups is 1. The molecule has 0 saturated carbocycles. The van der Waals surface area contributed by atoms with E-state index in [0.29, 0.717) is 30.8 Å². The summed E-state index contributed by atoms with van der Waals surface area (Å²) in [6, 6.07) is 4.62. The third-order valence-electron chi connectivity index (χ3n) is 10.6. The van der Waals surface area contributed by atoms with Gasteiger partial charge in [-0.25, -0.2) is 24.5 Å². The molecule has 1 amide bonds. The number of carbonyl (C=O) groups excluding carboxylic acids is 2. The quantitative estimate of drug-likeness (QED) is 0.105. The first-order valence-electron chi connectivity index (χ1n) is 19.8. The SMILES string of the molecule is CC[Si](CC)(CC)OC1[C@@H](CN(CCO)CC[C@H](NC(=O)OC(C)(C)C)C(=O)OC(C)(C)C)O[C@@H](n2cnc3c(N)ncnc32)[C@H]1O[Si](CC)(CC)CC. The lowest BCUT2D eigenvalue weighted by Crippen LogP contribution is -2.53. The Morgan fingerprint density at radius 2 is 1.44 bits per heavy atom. The number of aromatic nitrogens is 4. The van der Waals surface area contributed by atoms with Crippen molar-refractivity contribution >= 4 is 45.7 Å². The van der Waals surface area contributed by atoms with Crippen molar-refractivity contribution in [1.29, 1.82) is 0 Å². The van der Waals surface area contributed by atoms with E-state index in [1.54, 1.807) is 47.9 Å². The van der Waals surface area contributed by atoms with Crippen LogP contribution in [0.3, 0.4) is 0 Å². The lowest BCUT2D eigenvalue weighted by Gasteiger charge is -2.40. The summed E-state index contributed by atoms with van der Waals surface area (Å²) in [5.41, 5.74) is 5.73. The minimum atomic E-state index is -2.24. The second-order valence-corrected chi connectivity index (χ2v) is 25.8. The molecular weight excluding hydrogens is 727 g/mol. The third kappa shape index (κ3) is 11.9. The Kier molecular flexibility index (Phi) is 16.5. The molecule has 1 saturated heterocycles. The van der Waals surface area contributed by atoms with Crippen molar-refractivity contribution in [3.05, 3.63) is 12.7 Å². The maximum Gasteiger partial charge on any atom is 0.408 e. The standard InChI is InChI=1S/C37H69N7O8Si2/c1-13-53(14-2,15-3)51-29-27(23-43(21-22-45)20-19-26(34(46)49-36(7,8)9)42-35(47)50-37(10,11)12)48-33(30(29)52-54(16-4,17-5)18-6)44-25-41-28-31(38)39-24-40-32(28)44/h24-27,29-30,33,45H,13-23H2,1-12H3,(H,42,47)(H2,38,39,40)/t26-,27+,29?,30-,33+/m0/s1. The molecular formula is C37H69N7O8Si2. The monoisotopic (exact) mass is 795 g/mol. The van der Waals surface area contributed by atoms with Crippen LogP contribution < -0.4 is 11.1 Å². The normalized spacial score (nSPS) is 20.4. The van der Waals surface area contributed by atoms with Crippen LogP contribution in [0.4, 0.5) is 10.6 Å². The molecule has 3 heterocycles. The maximum absolute atomic E-state index is 13.4. The fourth-order valence-electron chi connectivity index (χ4n) is 7.05. The van der Waals surface area contributed by atoms with E-state index in [1.807, 2.05) is 9.47 Å². The Labute approximate surface area is 324 Å². The minimum absolute atomic E-state index is 0.129. The van der Waals surface area contributed by atoms with E-state index in [1.165, 1.54) is 6.33 Å². The van der Waals surface area contributed by atoms with Gasteiger partial charge in [0.2, 0.25) is 0 Å². The lowest BCUT2D eigenvalue weighted by atomic mass is 10.1. The number of anilines is 1. The van der Waals surface area contributed by atoms with Gasteiger partial charge in [0.15, 0.2) is 34.3 Å². The molecule has 1 aliphatic rings. The Morgan fingerprint density at radius 1 is 0.889 bits per heavy atom. The minimum Gasteiger partial charge on any atom is -0.458 e. The zero-order chi connectivity index (χ0) is 40.5. The molecule has 3 rings (SSSR count). The van der Waals surface area contributed by atoms with Crippen molar-refractivity contribution in [1.82, 2.24) is 29.7 Å². The summed E-state index contributed by atoms with van der Waals surface area (Å²) in [6.45, 7) is 24.7. The van der Waals surface area contributed by atoms with Crippen LogP contribution in [0.25, 0.3) is 11.2 Å². The summed E-state index contributed by atoms with van der Waals surface area (Å²) >= 11 is 0. The Hall–Kier alpha value is -2.68. The van der Waals surface area contributed by atoms with Gasteiger partial charge in [-0.1, -0.05) is 41.5 Å². The van der Waals surface area contributed by atoms with E-state index in [2.05, 4.69) is 61.8 Å². The first-order valence-corrected chi connectivity index (χ1v) is 24.9. The number of hydrogen-bond acceptors (Lipinski definition) is 13. The van der Waals surface area contributed by atoms with Crippen molar-refractivity contribution in [2.75, 3.05) is 32.0 Å². The van der Waals surface area contributed by atoms with Crippen LogP contribution in [0.2, 0.25) is 36.3 Å². The van der Waals surface area contributed by atoms with Gasteiger partial charge >= 0.3 is 12.1 Å². The molecule has 308 valence electrons. The van der Waals surface area contributed by atoms with Crippen LogP contribution in [0.15, 0.2) is 12.7 Å². The molecule has 54 heavy (non-hydrogen) atoms. The van der Waals surface area contributed by atoms with Crippen LogP contribution in [0, 0.1) is 0 Å². The summed E-state index contributed by atoms with van der Waals surface area (Å²) in [5, 5.41) is 13.0. The van der Waals surface area contributed by atoms with E-state index >= 15 is 0 Å². The van der Waals surface area contributed by atoms with Gasteiger partial charge in [0.1, 0.15) is 47.4 Å². The number of nitrogens with two attached hydrogens (primary N) is 1. The lowest BCUT2D eigenvalue weighted by molar-refractivity contribution is -0.157. The van der Waals surface area contributed by atoms with Crippen molar-refractivity contribution in [2.45, 2.75) is 168 Å². The molecule has 2 aromatic heterocycles. The highest BCUT2D eigenvalue weighted by Crippen LogP contribution is 2.42. The number of imidazole rings is 1. The van der Waals surface area contributed by atoms with E-state index in [9.17, 15) is 14.7 Å². The predicted molar refractivity (Wildman–Crippen MR) is 215 cm³/mol. The molecule has 17 heteroatoms. The number of fused-ring (bicyclic) bond motifs is 1. The molecule has 0 bridgehead atoms. The molecule has 15 nitrogen and oxygen atoms in total. The molecule has 0 aromatic carbocycles. The van der Waals surface area contributed by atoms with Gasteiger partial charge < -0.3 is 39.2 Å². The van der Waals surface area contributed by atoms with Crippen molar-refractivity contribution in [3.63, 3.8) is 0 Å². The summed E-state index contributed by atoms with van der Waals surface area (Å²) in [5.74, 6) is -0.289. The number of amides is 1. The molecule has 5 atom stereocenters. The Morgan fingerprint density at radius 3 is 1.96 bits per heavy atom. The number of carbonyl (C=O) groups is 2. The molecule has 2 aromatic rings. The highest BCUT2D eigenvalue weighted by molar-refractivity contribution is 6.74. The van der Waals surface area contributed by atoms with E-state index in [4.69, 9.17) is 28.8 Å². The second-order valence-electron chi connectivity index (χ2n) is 16.3. The number of hydrogen-bond donors (Lipinski definition) is 3. The predicted octanol–water partition coefficient (Wildman–Crippen LogP) is 6.01. The Bertz CT molecular complexity index is 1480. The number of rotatable bonds is 20. The first kappa shape index (κ1) is 45.7. The summed E-state index contributed by atoms with van der Waals surface area (Å²) in [4.78, 5) is 41.6. The number of nitrogen functional groups attached to an aromatic ring is 1. The number of alkyl carbamates (subject to hydrolysis) is 1. The number of esters is 1. The molecule has 0 radical (unpaired) electrons. The summed E-state index contributed by atoms with van der Waals surface area (Å²) in [7, 11) is -4.47. The van der Waals surface area contributed by atoms with Gasteiger partial charge in [-0.2, -0.15) is 0 Å². The van der Waals surface area contributed by atoms with E-state index in [0.717, 1.165) is 36.3 Å². The smallest absolute Gasteiger partial charge is 0.408 e. The highest BCUT2D eigenvalue weighted by Gasteiger charge is 2.53. The van der Waals surface area contributed by atoms with Gasteiger partial charge in [0.25, 0.3) is 0 Å². The van der Waals surface area contributed by atoms with Crippen molar-refractivity contribution < 1.29 is 37.8 Å². The maximum atomic E-state index is 13.4. The highest BCUT2D eigenvalue weighted by atomic mass is 28.4. The fraction of sp³-hybridized carbons (Fsp3) is 0.811. The number of ether oxygens (including phenoxy) is 3. The zero-order valence-corrected chi connectivity index (χ0v) is 36.9. The average Bonchev–Trinajstić information content (AvgIpc) is 3.67. The summed E-state index contributed by atoms with van der Waals surface area (Å²) < 4.78 is 34.9. The molecule has 1 aliphatic heterocycles. The van der Waals surface area contributed by atoms with Crippen LogP contribution in [0.5, 0.6) is 0 Å². The van der Waals surface area contributed by atoms with Gasteiger partial charge in [-0.15, -0.1) is 0 Å². The first-order chi connectivity index (χ1) is 25.3. The van der Waals surface area contributed by atoms with Gasteiger partial charge in [-0.05, 0) is 84.2 Å². The van der Waals surface area contributed by atoms with Gasteiger partial charge in [0, 0.05) is 19.6 Å². The van der Waals surface area contributed by atoms with Crippen LogP contribution in [-0.4, -0.2) is 120 Å². The van der Waals surface area contributed by atoms with Crippen LogP contribution in [0.1, 0.15) is 95.7 Å². The fourth-order valence-corrected chi connectivity index (χ4v) is 12.7. The van der Waals surface area contributed by atoms with Gasteiger partial charge in [0.05, 0.1) is 12.9 Å². The van der Waals surface area contributed by atoms with E-state index in [-0.39, 0.29) is 18.8 Å². The van der Waals surface area contributed by atoms with Crippen molar-refractivity contribution in [3.8, 4) is 0 Å². The van der Waals surface area contributed by atoms with Gasteiger partial charge in [-0.3, -0.25) is 9.47 Å². The zero-order valence-electron chi connectivity index (χ0n) is 34.9. The molecule has 0 spiro atoms. The third-order valence-corrected chi connectivity index (χ3v) is 19.8. The molecule has 4 N–H and O–H groups in total. The summed E-state index contributed by atoms with van der Waals surface area (Å²) in [6.07, 6.45) is 0.551. The topological polar surface area (TPSA) is 185 Å². The molecule has 0 aliphatic carbocycles.